The molecule has 1 N–H and O–H groups in total. The normalized spacial score (nSPS) is 15.8. The summed E-state index contributed by atoms with van der Waals surface area (Å²) < 4.78 is 21.7. The second kappa shape index (κ2) is 8.95. The first-order chi connectivity index (χ1) is 8.36. The van der Waals surface area contributed by atoms with E-state index in [9.17, 15) is 9.36 Å². The minimum absolute atomic E-state index is 0.193. The summed E-state index contributed by atoms with van der Waals surface area (Å²) in [6.45, 7) is 8.67. The lowest BCUT2D eigenvalue weighted by Crippen LogP contribution is -2.32. The molecule has 0 aliphatic heterocycles. The van der Waals surface area contributed by atoms with Crippen molar-refractivity contribution < 1.29 is 18.6 Å². The van der Waals surface area contributed by atoms with Crippen molar-refractivity contribution in [2.24, 2.45) is 0 Å². The Bertz CT molecular complexity index is 350. The van der Waals surface area contributed by atoms with Gasteiger partial charge < -0.3 is 9.26 Å². The van der Waals surface area contributed by atoms with Crippen LogP contribution in [0, 0.1) is 0 Å². The molecule has 0 spiro atoms. The van der Waals surface area contributed by atoms with Crippen LogP contribution >= 0.6 is 8.18 Å². The molecule has 0 radical (unpaired) electrons. The Kier molecular flexibility index (Phi) is 8.42. The second-order valence-electron chi connectivity index (χ2n) is 4.04. The molecule has 0 aliphatic rings. The van der Waals surface area contributed by atoms with Crippen LogP contribution < -0.4 is 5.09 Å². The Balaban J connectivity index is 4.19. The highest BCUT2D eigenvalue weighted by molar-refractivity contribution is 7.36. The molecule has 0 amide bonds. The molecule has 6 heteroatoms. The monoisotopic (exact) mass is 275 g/mol. The fraction of sp³-hybridized carbons (Fsp3) is 0.583. The molecule has 0 aliphatic carbocycles. The quantitative estimate of drug-likeness (QED) is 0.335. The third-order valence-corrected chi connectivity index (χ3v) is 2.99. The van der Waals surface area contributed by atoms with Gasteiger partial charge in [0.1, 0.15) is 11.8 Å². The van der Waals surface area contributed by atoms with Crippen LogP contribution in [0.25, 0.3) is 0 Å². The van der Waals surface area contributed by atoms with Crippen LogP contribution in [0.3, 0.4) is 0 Å². The number of nitrogens with one attached hydrogen (secondary N) is 1. The summed E-state index contributed by atoms with van der Waals surface area (Å²) >= 11 is 0. The Morgan fingerprint density at radius 3 is 2.44 bits per heavy atom. The zero-order chi connectivity index (χ0) is 14.1. The first-order valence-corrected chi connectivity index (χ1v) is 7.16. The van der Waals surface area contributed by atoms with Gasteiger partial charge in [-0.15, -0.1) is 0 Å². The minimum Gasteiger partial charge on any atom is -0.462 e. The smallest absolute Gasteiger partial charge is 0.323 e. The second-order valence-corrected chi connectivity index (χ2v) is 5.11. The van der Waals surface area contributed by atoms with Crippen molar-refractivity contribution in [3.63, 3.8) is 0 Å². The average molecular weight is 275 g/mol. The molecule has 0 aromatic heterocycles. The van der Waals surface area contributed by atoms with Gasteiger partial charge in [-0.05, 0) is 40.7 Å². The van der Waals surface area contributed by atoms with Gasteiger partial charge in [0.2, 0.25) is 0 Å². The molecule has 0 rings (SSSR count). The topological polar surface area (TPSA) is 64.6 Å². The minimum atomic E-state index is -2.50. The maximum Gasteiger partial charge on any atom is 0.323 e. The predicted molar refractivity (Wildman–Crippen MR) is 72.5 cm³/mol. The predicted octanol–water partition coefficient (Wildman–Crippen LogP) is 2.80. The summed E-state index contributed by atoms with van der Waals surface area (Å²) in [6, 6.07) is -0.659. The summed E-state index contributed by atoms with van der Waals surface area (Å²) in [5.41, 5.74) is 0. The van der Waals surface area contributed by atoms with Crippen LogP contribution in [0.4, 0.5) is 0 Å². The summed E-state index contributed by atoms with van der Waals surface area (Å²) in [5.74, 6) is 0.0796. The first-order valence-electron chi connectivity index (χ1n) is 5.85. The van der Waals surface area contributed by atoms with E-state index in [0.717, 1.165) is 0 Å². The van der Waals surface area contributed by atoms with E-state index < -0.39 is 20.2 Å². The molecule has 0 heterocycles. The van der Waals surface area contributed by atoms with Crippen molar-refractivity contribution in [3.8, 4) is 0 Å². The number of hydrogen-bond donors (Lipinski definition) is 1. The van der Waals surface area contributed by atoms with Gasteiger partial charge >= 0.3 is 14.1 Å². The highest BCUT2D eigenvalue weighted by Crippen LogP contribution is 2.22. The van der Waals surface area contributed by atoms with E-state index >= 15 is 0 Å². The number of rotatable bonds is 7. The van der Waals surface area contributed by atoms with E-state index in [4.69, 9.17) is 9.26 Å². The van der Waals surface area contributed by atoms with Gasteiger partial charge in [0.25, 0.3) is 0 Å². The number of allylic oxidation sites excluding steroid dienone is 4. The number of carbonyl (C=O) groups excluding carboxylic acids is 1. The van der Waals surface area contributed by atoms with Crippen LogP contribution in [-0.2, 0) is 18.6 Å². The lowest BCUT2D eigenvalue weighted by molar-refractivity contribution is -0.148. The summed E-state index contributed by atoms with van der Waals surface area (Å²) in [7, 11) is -2.50. The number of esters is 1. The Morgan fingerprint density at radius 1 is 1.33 bits per heavy atom. The maximum atomic E-state index is 11.6. The summed E-state index contributed by atoms with van der Waals surface area (Å²) in [5, 5.41) is 2.58. The highest BCUT2D eigenvalue weighted by atomic mass is 31.1. The van der Waals surface area contributed by atoms with Gasteiger partial charge in [-0.3, -0.25) is 9.36 Å². The summed E-state index contributed by atoms with van der Waals surface area (Å²) in [4.78, 5) is 11.5. The van der Waals surface area contributed by atoms with Crippen molar-refractivity contribution in [1.29, 1.82) is 0 Å². The van der Waals surface area contributed by atoms with Crippen molar-refractivity contribution in [2.45, 2.75) is 46.8 Å². The molecule has 2 atom stereocenters. The molecule has 18 heavy (non-hydrogen) atoms. The molecular formula is C12H22NO4P. The van der Waals surface area contributed by atoms with Gasteiger partial charge in [-0.25, -0.2) is 5.09 Å². The maximum absolute atomic E-state index is 11.6. The van der Waals surface area contributed by atoms with Gasteiger partial charge in [0.15, 0.2) is 0 Å². The van der Waals surface area contributed by atoms with Crippen LogP contribution in [0.15, 0.2) is 24.0 Å². The third-order valence-electron chi connectivity index (χ3n) is 1.82. The van der Waals surface area contributed by atoms with E-state index in [2.05, 4.69) is 5.09 Å². The number of ether oxygens (including phenoxy) is 1. The van der Waals surface area contributed by atoms with Gasteiger partial charge in [-0.2, -0.15) is 0 Å². The number of hydrogen-bond acceptors (Lipinski definition) is 4. The lowest BCUT2D eigenvalue weighted by atomic mass is 10.4. The zero-order valence-electron chi connectivity index (χ0n) is 11.5. The van der Waals surface area contributed by atoms with E-state index in [1.807, 2.05) is 13.0 Å². The average Bonchev–Trinajstić information content (AvgIpc) is 2.24. The van der Waals surface area contributed by atoms with E-state index in [1.54, 1.807) is 39.8 Å². The molecule has 0 aromatic carbocycles. The zero-order valence-corrected chi connectivity index (χ0v) is 12.5. The standard InChI is InChI=1S/C12H22NO4P/c1-6-7-8-10(4)17-18(15)13-11(5)12(14)16-9(2)3/h6-9,11,18H,1-5H3,(H,13,15)/b7-6+,10-8+/t11-/m0/s1. The van der Waals surface area contributed by atoms with Crippen molar-refractivity contribution in [2.75, 3.05) is 0 Å². The van der Waals surface area contributed by atoms with Crippen LogP contribution in [0.1, 0.15) is 34.6 Å². The van der Waals surface area contributed by atoms with Crippen LogP contribution in [0.2, 0.25) is 0 Å². The van der Waals surface area contributed by atoms with Gasteiger partial charge in [0.05, 0.1) is 6.10 Å². The fourth-order valence-corrected chi connectivity index (χ4v) is 1.90. The van der Waals surface area contributed by atoms with Gasteiger partial charge in [0, 0.05) is 0 Å². The first kappa shape index (κ1) is 16.9. The van der Waals surface area contributed by atoms with Gasteiger partial charge in [-0.1, -0.05) is 12.2 Å². The molecule has 5 nitrogen and oxygen atoms in total. The van der Waals surface area contributed by atoms with Crippen molar-refractivity contribution >= 4 is 14.1 Å². The molecule has 0 aromatic rings. The van der Waals surface area contributed by atoms with Crippen LogP contribution in [-0.4, -0.2) is 18.1 Å². The van der Waals surface area contributed by atoms with Crippen molar-refractivity contribution in [1.82, 2.24) is 5.09 Å². The third kappa shape index (κ3) is 8.09. The van der Waals surface area contributed by atoms with E-state index in [0.29, 0.717) is 5.76 Å². The molecule has 0 bridgehead atoms. The molecule has 104 valence electrons. The molecular weight excluding hydrogens is 253 g/mol. The largest absolute Gasteiger partial charge is 0.462 e. The van der Waals surface area contributed by atoms with Crippen molar-refractivity contribution in [3.05, 3.63) is 24.0 Å². The fourth-order valence-electron chi connectivity index (χ4n) is 1.01. The number of carbonyl (C=O) groups is 1. The molecule has 0 saturated heterocycles. The Morgan fingerprint density at radius 2 is 1.94 bits per heavy atom. The Hall–Kier alpha value is -1.06. The lowest BCUT2D eigenvalue weighted by Gasteiger charge is -2.15. The molecule has 0 fully saturated rings. The highest BCUT2D eigenvalue weighted by Gasteiger charge is 2.17. The molecule has 0 saturated carbocycles. The Labute approximate surface area is 109 Å². The van der Waals surface area contributed by atoms with E-state index in [-0.39, 0.29) is 6.10 Å². The SMILES string of the molecule is C/C=C/C=C(\C)O[PH](=O)N[C@@H](C)C(=O)OC(C)C. The van der Waals surface area contributed by atoms with Crippen LogP contribution in [0.5, 0.6) is 0 Å². The molecule has 1 unspecified atom stereocenters. The van der Waals surface area contributed by atoms with E-state index in [1.165, 1.54) is 0 Å². The summed E-state index contributed by atoms with van der Waals surface area (Å²) in [6.07, 6.45) is 5.11.